The van der Waals surface area contributed by atoms with Crippen molar-refractivity contribution in [3.05, 3.63) is 46.4 Å². The summed E-state index contributed by atoms with van der Waals surface area (Å²) in [5, 5.41) is 14.3. The average molecular weight is 371 g/mol. The van der Waals surface area contributed by atoms with Crippen molar-refractivity contribution in [2.75, 3.05) is 5.32 Å². The summed E-state index contributed by atoms with van der Waals surface area (Å²) >= 11 is 0. The molecule has 2 heterocycles. The van der Waals surface area contributed by atoms with E-state index in [1.165, 1.54) is 13.0 Å². The molecule has 3 rings (SSSR count). The Bertz CT molecular complexity index is 1040. The smallest absolute Gasteiger partial charge is 0.308 e. The standard InChI is InChI=1S/C17H17N5O5/c1-10-9-14(20-27-10)18-16(24)11(2)26-15(23)7-8-22-17(25)12-5-3-4-6-13(12)19-21-22/h3-6,9,11H,7-8H2,1-2H3,(H,18,20,24). The van der Waals surface area contributed by atoms with Crippen LogP contribution in [0.2, 0.25) is 0 Å². The first-order valence-electron chi connectivity index (χ1n) is 8.20. The van der Waals surface area contributed by atoms with Gasteiger partial charge in [0.1, 0.15) is 11.3 Å². The number of aryl methyl sites for hydroxylation is 2. The van der Waals surface area contributed by atoms with Gasteiger partial charge in [0.25, 0.3) is 11.5 Å². The van der Waals surface area contributed by atoms with Crippen LogP contribution in [0.25, 0.3) is 10.9 Å². The molecule has 0 radical (unpaired) electrons. The van der Waals surface area contributed by atoms with Crippen molar-refractivity contribution < 1.29 is 18.8 Å². The zero-order valence-electron chi connectivity index (χ0n) is 14.7. The summed E-state index contributed by atoms with van der Waals surface area (Å²) in [6.45, 7) is 3.11. The highest BCUT2D eigenvalue weighted by molar-refractivity contribution is 5.94. The van der Waals surface area contributed by atoms with Crippen LogP contribution in [0.15, 0.2) is 39.6 Å². The Morgan fingerprint density at radius 3 is 2.85 bits per heavy atom. The number of aromatic nitrogens is 4. The van der Waals surface area contributed by atoms with E-state index in [0.29, 0.717) is 16.7 Å². The third-order valence-corrected chi connectivity index (χ3v) is 3.71. The minimum absolute atomic E-state index is 0.00762. The summed E-state index contributed by atoms with van der Waals surface area (Å²) in [5.74, 6) is -0.412. The molecule has 0 aliphatic heterocycles. The van der Waals surface area contributed by atoms with Gasteiger partial charge in [-0.15, -0.1) is 5.10 Å². The lowest BCUT2D eigenvalue weighted by atomic mass is 10.2. The number of amides is 1. The average Bonchev–Trinajstić information content (AvgIpc) is 3.06. The second-order valence-electron chi connectivity index (χ2n) is 5.83. The van der Waals surface area contributed by atoms with Gasteiger partial charge in [-0.2, -0.15) is 0 Å². The molecule has 1 unspecified atom stereocenters. The van der Waals surface area contributed by atoms with Gasteiger partial charge in [-0.05, 0) is 26.0 Å². The molecule has 0 saturated heterocycles. The summed E-state index contributed by atoms with van der Waals surface area (Å²) < 4.78 is 11.0. The summed E-state index contributed by atoms with van der Waals surface area (Å²) in [6.07, 6.45) is -1.16. The zero-order chi connectivity index (χ0) is 19.4. The second-order valence-corrected chi connectivity index (χ2v) is 5.83. The maximum absolute atomic E-state index is 12.3. The van der Waals surface area contributed by atoms with E-state index in [-0.39, 0.29) is 24.3 Å². The van der Waals surface area contributed by atoms with Crippen LogP contribution < -0.4 is 10.9 Å². The van der Waals surface area contributed by atoms with Crippen LogP contribution in [0.1, 0.15) is 19.1 Å². The lowest BCUT2D eigenvalue weighted by Crippen LogP contribution is -2.31. The number of hydrogen-bond donors (Lipinski definition) is 1. The van der Waals surface area contributed by atoms with E-state index in [2.05, 4.69) is 20.8 Å². The second kappa shape index (κ2) is 7.77. The number of fused-ring (bicyclic) bond motifs is 1. The van der Waals surface area contributed by atoms with Gasteiger partial charge >= 0.3 is 5.97 Å². The number of hydrogen-bond acceptors (Lipinski definition) is 8. The van der Waals surface area contributed by atoms with Crippen LogP contribution in [0, 0.1) is 6.92 Å². The molecule has 2 aromatic heterocycles. The third kappa shape index (κ3) is 4.35. The molecule has 1 amide bonds. The molecule has 27 heavy (non-hydrogen) atoms. The van der Waals surface area contributed by atoms with Gasteiger partial charge in [0.05, 0.1) is 18.4 Å². The predicted molar refractivity (Wildman–Crippen MR) is 93.8 cm³/mol. The molecule has 0 bridgehead atoms. The van der Waals surface area contributed by atoms with Gasteiger partial charge < -0.3 is 14.6 Å². The Hall–Kier alpha value is -3.56. The monoisotopic (exact) mass is 371 g/mol. The number of ether oxygens (including phenoxy) is 1. The van der Waals surface area contributed by atoms with Crippen LogP contribution in [-0.4, -0.2) is 38.1 Å². The molecule has 0 spiro atoms. The van der Waals surface area contributed by atoms with Crippen LogP contribution >= 0.6 is 0 Å². The molecule has 1 aromatic carbocycles. The van der Waals surface area contributed by atoms with E-state index in [9.17, 15) is 14.4 Å². The number of nitrogens with zero attached hydrogens (tertiary/aromatic N) is 4. The van der Waals surface area contributed by atoms with E-state index in [4.69, 9.17) is 9.26 Å². The molecule has 1 atom stereocenters. The maximum Gasteiger partial charge on any atom is 0.308 e. The molecule has 10 nitrogen and oxygen atoms in total. The van der Waals surface area contributed by atoms with Gasteiger partial charge in [0.15, 0.2) is 11.9 Å². The van der Waals surface area contributed by atoms with Gasteiger partial charge in [-0.1, -0.05) is 22.5 Å². The van der Waals surface area contributed by atoms with Gasteiger partial charge in [-0.25, -0.2) is 4.68 Å². The maximum atomic E-state index is 12.3. The highest BCUT2D eigenvalue weighted by Gasteiger charge is 2.19. The number of anilines is 1. The molecule has 0 aliphatic carbocycles. The first-order valence-corrected chi connectivity index (χ1v) is 8.20. The van der Waals surface area contributed by atoms with Crippen molar-refractivity contribution >= 4 is 28.6 Å². The van der Waals surface area contributed by atoms with Crippen LogP contribution in [-0.2, 0) is 20.9 Å². The number of carbonyl (C=O) groups excluding carboxylic acids is 2. The lowest BCUT2D eigenvalue weighted by Gasteiger charge is -2.12. The summed E-state index contributed by atoms with van der Waals surface area (Å²) in [7, 11) is 0. The van der Waals surface area contributed by atoms with Gasteiger partial charge in [0, 0.05) is 6.07 Å². The van der Waals surface area contributed by atoms with E-state index in [1.807, 2.05) is 0 Å². The Morgan fingerprint density at radius 1 is 1.33 bits per heavy atom. The van der Waals surface area contributed by atoms with Gasteiger partial charge in [-0.3, -0.25) is 14.4 Å². The molecule has 3 aromatic rings. The van der Waals surface area contributed by atoms with Crippen molar-refractivity contribution in [1.29, 1.82) is 0 Å². The van der Waals surface area contributed by atoms with Crippen LogP contribution in [0.3, 0.4) is 0 Å². The molecule has 10 heteroatoms. The van der Waals surface area contributed by atoms with Crippen molar-refractivity contribution in [2.45, 2.75) is 32.9 Å². The molecular weight excluding hydrogens is 354 g/mol. The highest BCUT2D eigenvalue weighted by atomic mass is 16.5. The van der Waals surface area contributed by atoms with Crippen molar-refractivity contribution in [3.63, 3.8) is 0 Å². The SMILES string of the molecule is Cc1cc(NC(=O)C(C)OC(=O)CCn2nnc3ccccc3c2=O)no1. The fourth-order valence-electron chi connectivity index (χ4n) is 2.33. The van der Waals surface area contributed by atoms with Crippen LogP contribution in [0.5, 0.6) is 0 Å². The minimum Gasteiger partial charge on any atom is -0.452 e. The summed E-state index contributed by atoms with van der Waals surface area (Å²) in [6, 6.07) is 8.33. The Morgan fingerprint density at radius 2 is 2.11 bits per heavy atom. The van der Waals surface area contributed by atoms with E-state index in [0.717, 1.165) is 4.68 Å². The summed E-state index contributed by atoms with van der Waals surface area (Å²) in [5.41, 5.74) is 0.135. The number of benzene rings is 1. The first kappa shape index (κ1) is 18.2. The molecule has 0 saturated carbocycles. The first-order chi connectivity index (χ1) is 12.9. The van der Waals surface area contributed by atoms with Crippen molar-refractivity contribution in [3.8, 4) is 0 Å². The molecule has 0 aliphatic rings. The molecular formula is C17H17N5O5. The summed E-state index contributed by atoms with van der Waals surface area (Å²) in [4.78, 5) is 36.3. The fourth-order valence-corrected chi connectivity index (χ4v) is 2.33. The minimum atomic E-state index is -1.03. The van der Waals surface area contributed by atoms with Gasteiger partial charge in [0.2, 0.25) is 0 Å². The lowest BCUT2D eigenvalue weighted by molar-refractivity contribution is -0.153. The van der Waals surface area contributed by atoms with E-state index in [1.54, 1.807) is 31.2 Å². The Balaban J connectivity index is 1.55. The van der Waals surface area contributed by atoms with Crippen LogP contribution in [0.4, 0.5) is 5.82 Å². The van der Waals surface area contributed by atoms with Crippen molar-refractivity contribution in [1.82, 2.24) is 20.2 Å². The number of nitrogens with one attached hydrogen (secondary N) is 1. The Kier molecular flexibility index (Phi) is 5.25. The molecule has 140 valence electrons. The largest absolute Gasteiger partial charge is 0.452 e. The molecule has 0 fully saturated rings. The zero-order valence-corrected chi connectivity index (χ0v) is 14.7. The number of carbonyl (C=O) groups is 2. The normalized spacial score (nSPS) is 11.9. The third-order valence-electron chi connectivity index (χ3n) is 3.71. The highest BCUT2D eigenvalue weighted by Crippen LogP contribution is 2.08. The topological polar surface area (TPSA) is 129 Å². The van der Waals surface area contributed by atoms with E-state index >= 15 is 0 Å². The predicted octanol–water partition coefficient (Wildman–Crippen LogP) is 1.05. The van der Waals surface area contributed by atoms with Crippen molar-refractivity contribution in [2.24, 2.45) is 0 Å². The Labute approximate surface area is 153 Å². The number of esters is 1. The molecule has 1 N–H and O–H groups in total. The fraction of sp³-hybridized carbons (Fsp3) is 0.294. The number of rotatable bonds is 6. The van der Waals surface area contributed by atoms with E-state index < -0.39 is 18.0 Å². The quantitative estimate of drug-likeness (QED) is 0.637.